The molecular weight excluding hydrogens is 312 g/mol. The van der Waals surface area contributed by atoms with E-state index in [2.05, 4.69) is 38.8 Å². The lowest BCUT2D eigenvalue weighted by Gasteiger charge is -2.10. The molecule has 0 saturated heterocycles. The van der Waals surface area contributed by atoms with E-state index >= 15 is 0 Å². The van der Waals surface area contributed by atoms with E-state index in [9.17, 15) is 4.79 Å². The second-order valence-electron chi connectivity index (χ2n) is 6.05. The first-order chi connectivity index (χ1) is 12.0. The van der Waals surface area contributed by atoms with Crippen molar-refractivity contribution in [2.24, 2.45) is 0 Å². The molecule has 0 bridgehead atoms. The van der Waals surface area contributed by atoms with E-state index in [1.54, 1.807) is 6.20 Å². The number of nitrogens with one attached hydrogen (secondary N) is 2. The highest BCUT2D eigenvalue weighted by atomic mass is 16.1. The average Bonchev–Trinajstić information content (AvgIpc) is 2.59. The molecule has 1 heterocycles. The Bertz CT molecular complexity index is 904. The molecule has 3 rings (SSSR count). The Balaban J connectivity index is 1.71. The molecular formula is C20H20N4O. The summed E-state index contributed by atoms with van der Waals surface area (Å²) in [5, 5.41) is 6.05. The molecule has 1 amide bonds. The second kappa shape index (κ2) is 7.13. The molecule has 5 heteroatoms. The number of amides is 1. The molecule has 25 heavy (non-hydrogen) atoms. The molecule has 0 radical (unpaired) electrons. The summed E-state index contributed by atoms with van der Waals surface area (Å²) < 4.78 is 0. The molecule has 0 saturated carbocycles. The lowest BCUT2D eigenvalue weighted by Crippen LogP contribution is -2.14. The van der Waals surface area contributed by atoms with Gasteiger partial charge in [0.25, 0.3) is 5.91 Å². The molecule has 2 aromatic carbocycles. The van der Waals surface area contributed by atoms with Gasteiger partial charge in [0.2, 0.25) is 0 Å². The number of hydrogen-bond acceptors (Lipinski definition) is 4. The van der Waals surface area contributed by atoms with Crippen molar-refractivity contribution in [2.75, 3.05) is 10.6 Å². The quantitative estimate of drug-likeness (QED) is 0.743. The molecule has 0 unspecified atom stereocenters. The van der Waals surface area contributed by atoms with Crippen LogP contribution in [0.2, 0.25) is 0 Å². The standard InChI is InChI=1S/C20H20N4O/c1-13-5-4-6-16(9-13)23-20(25)18-11-22-19(12-21-18)24-17-10-14(2)7-8-15(17)3/h4-12H,1-3H3,(H,22,24)(H,23,25). The van der Waals surface area contributed by atoms with Crippen molar-refractivity contribution in [1.29, 1.82) is 0 Å². The highest BCUT2D eigenvalue weighted by Gasteiger charge is 2.09. The molecule has 0 aliphatic rings. The zero-order valence-corrected chi connectivity index (χ0v) is 14.5. The lowest BCUT2D eigenvalue weighted by atomic mass is 10.1. The van der Waals surface area contributed by atoms with Crippen LogP contribution in [0.4, 0.5) is 17.2 Å². The number of hydrogen-bond donors (Lipinski definition) is 2. The van der Waals surface area contributed by atoms with E-state index in [1.165, 1.54) is 6.20 Å². The maximum atomic E-state index is 12.3. The van der Waals surface area contributed by atoms with E-state index in [-0.39, 0.29) is 11.6 Å². The van der Waals surface area contributed by atoms with Gasteiger partial charge in [0, 0.05) is 11.4 Å². The van der Waals surface area contributed by atoms with Crippen LogP contribution in [0.3, 0.4) is 0 Å². The maximum absolute atomic E-state index is 12.3. The topological polar surface area (TPSA) is 66.9 Å². The van der Waals surface area contributed by atoms with Gasteiger partial charge >= 0.3 is 0 Å². The minimum atomic E-state index is -0.281. The SMILES string of the molecule is Cc1cccc(NC(=O)c2cnc(Nc3cc(C)ccc3C)cn2)c1. The molecule has 0 aliphatic carbocycles. The number of benzene rings is 2. The van der Waals surface area contributed by atoms with E-state index in [1.807, 2.05) is 45.0 Å². The molecule has 0 fully saturated rings. The van der Waals surface area contributed by atoms with Crippen LogP contribution in [0, 0.1) is 20.8 Å². The molecule has 0 atom stereocenters. The Hall–Kier alpha value is -3.21. The van der Waals surface area contributed by atoms with E-state index in [0.29, 0.717) is 5.82 Å². The number of rotatable bonds is 4. The smallest absolute Gasteiger partial charge is 0.275 e. The van der Waals surface area contributed by atoms with Crippen molar-refractivity contribution in [3.63, 3.8) is 0 Å². The Morgan fingerprint density at radius 1 is 0.920 bits per heavy atom. The van der Waals surface area contributed by atoms with Crippen molar-refractivity contribution >= 4 is 23.1 Å². The van der Waals surface area contributed by atoms with Gasteiger partial charge in [-0.25, -0.2) is 9.97 Å². The number of carbonyl (C=O) groups excluding carboxylic acids is 1. The summed E-state index contributed by atoms with van der Waals surface area (Å²) in [5.41, 5.74) is 5.35. The molecule has 0 spiro atoms. The average molecular weight is 332 g/mol. The van der Waals surface area contributed by atoms with E-state index < -0.39 is 0 Å². The van der Waals surface area contributed by atoms with Gasteiger partial charge in [0.1, 0.15) is 11.5 Å². The van der Waals surface area contributed by atoms with E-state index in [4.69, 9.17) is 0 Å². The number of nitrogens with zero attached hydrogens (tertiary/aromatic N) is 2. The number of anilines is 3. The predicted molar refractivity (Wildman–Crippen MR) is 100 cm³/mol. The first kappa shape index (κ1) is 16.6. The van der Waals surface area contributed by atoms with E-state index in [0.717, 1.165) is 28.1 Å². The van der Waals surface area contributed by atoms with Crippen molar-refractivity contribution < 1.29 is 4.79 Å². The third kappa shape index (κ3) is 4.20. The molecule has 0 aliphatic heterocycles. The van der Waals surface area contributed by atoms with Crippen LogP contribution in [0.25, 0.3) is 0 Å². The fraction of sp³-hybridized carbons (Fsp3) is 0.150. The molecule has 5 nitrogen and oxygen atoms in total. The highest BCUT2D eigenvalue weighted by molar-refractivity contribution is 6.02. The lowest BCUT2D eigenvalue weighted by molar-refractivity contribution is 0.102. The zero-order chi connectivity index (χ0) is 17.8. The molecule has 126 valence electrons. The number of aromatic nitrogens is 2. The van der Waals surface area contributed by atoms with Gasteiger partial charge < -0.3 is 10.6 Å². The maximum Gasteiger partial charge on any atom is 0.275 e. The minimum absolute atomic E-state index is 0.271. The largest absolute Gasteiger partial charge is 0.339 e. The van der Waals surface area contributed by atoms with Gasteiger partial charge in [0.05, 0.1) is 12.4 Å². The van der Waals surface area contributed by atoms with Crippen molar-refractivity contribution in [3.05, 3.63) is 77.2 Å². The highest BCUT2D eigenvalue weighted by Crippen LogP contribution is 2.20. The first-order valence-corrected chi connectivity index (χ1v) is 8.05. The van der Waals surface area contributed by atoms with Crippen LogP contribution in [-0.4, -0.2) is 15.9 Å². The summed E-state index contributed by atoms with van der Waals surface area (Å²) in [6.45, 7) is 6.04. The van der Waals surface area contributed by atoms with Crippen molar-refractivity contribution in [2.45, 2.75) is 20.8 Å². The van der Waals surface area contributed by atoms with Gasteiger partial charge in [-0.15, -0.1) is 0 Å². The minimum Gasteiger partial charge on any atom is -0.339 e. The fourth-order valence-electron chi connectivity index (χ4n) is 2.44. The van der Waals surface area contributed by atoms with Gasteiger partial charge in [-0.05, 0) is 55.7 Å². The normalized spacial score (nSPS) is 10.4. The third-order valence-electron chi connectivity index (χ3n) is 3.82. The summed E-state index contributed by atoms with van der Waals surface area (Å²) in [7, 11) is 0. The van der Waals surface area contributed by atoms with Crippen LogP contribution >= 0.6 is 0 Å². The zero-order valence-electron chi connectivity index (χ0n) is 14.5. The Morgan fingerprint density at radius 2 is 1.72 bits per heavy atom. The number of aryl methyl sites for hydroxylation is 3. The third-order valence-corrected chi connectivity index (χ3v) is 3.82. The Kier molecular flexibility index (Phi) is 4.75. The molecule has 2 N–H and O–H groups in total. The summed E-state index contributed by atoms with van der Waals surface area (Å²) in [4.78, 5) is 20.8. The summed E-state index contributed by atoms with van der Waals surface area (Å²) >= 11 is 0. The van der Waals surface area contributed by atoms with Crippen LogP contribution in [0.5, 0.6) is 0 Å². The number of carbonyl (C=O) groups is 1. The summed E-state index contributed by atoms with van der Waals surface area (Å²) in [6, 6.07) is 13.8. The first-order valence-electron chi connectivity index (χ1n) is 8.05. The monoisotopic (exact) mass is 332 g/mol. The van der Waals surface area contributed by atoms with Crippen LogP contribution < -0.4 is 10.6 Å². The van der Waals surface area contributed by atoms with Gasteiger partial charge in [0.15, 0.2) is 0 Å². The van der Waals surface area contributed by atoms with Crippen molar-refractivity contribution in [1.82, 2.24) is 9.97 Å². The summed E-state index contributed by atoms with van der Waals surface area (Å²) in [5.74, 6) is 0.317. The summed E-state index contributed by atoms with van der Waals surface area (Å²) in [6.07, 6.45) is 3.03. The van der Waals surface area contributed by atoms with Gasteiger partial charge in [-0.3, -0.25) is 4.79 Å². The van der Waals surface area contributed by atoms with Crippen LogP contribution in [0.1, 0.15) is 27.2 Å². The molecule has 1 aromatic heterocycles. The fourth-order valence-corrected chi connectivity index (χ4v) is 2.44. The second-order valence-corrected chi connectivity index (χ2v) is 6.05. The van der Waals surface area contributed by atoms with Crippen LogP contribution in [-0.2, 0) is 0 Å². The Labute approximate surface area is 147 Å². The molecule has 3 aromatic rings. The van der Waals surface area contributed by atoms with Gasteiger partial charge in [-0.1, -0.05) is 24.3 Å². The van der Waals surface area contributed by atoms with Crippen LogP contribution in [0.15, 0.2) is 54.9 Å². The Morgan fingerprint density at radius 3 is 2.44 bits per heavy atom. The van der Waals surface area contributed by atoms with Gasteiger partial charge in [-0.2, -0.15) is 0 Å². The van der Waals surface area contributed by atoms with Crippen molar-refractivity contribution in [3.8, 4) is 0 Å². The predicted octanol–water partition coefficient (Wildman–Crippen LogP) is 4.40.